The van der Waals surface area contributed by atoms with Crippen molar-refractivity contribution in [2.24, 2.45) is 0 Å². The lowest BCUT2D eigenvalue weighted by Crippen LogP contribution is -2.18. The largest absolute Gasteiger partial charge is 0.496 e. The Labute approximate surface area is 160 Å². The number of para-hydroxylation sites is 2. The normalized spacial score (nSPS) is 12.7. The van der Waals surface area contributed by atoms with Gasteiger partial charge in [-0.2, -0.15) is 4.98 Å². The third-order valence-electron chi connectivity index (χ3n) is 4.86. The van der Waals surface area contributed by atoms with Crippen LogP contribution in [0.5, 0.6) is 5.75 Å². The van der Waals surface area contributed by atoms with Crippen LogP contribution in [0.1, 0.15) is 16.8 Å². The Kier molecular flexibility index (Phi) is 4.92. The number of hydrogen-bond acceptors (Lipinski definition) is 5. The quantitative estimate of drug-likeness (QED) is 0.716. The number of aryl methyl sites for hydroxylation is 1. The van der Waals surface area contributed by atoms with Crippen LogP contribution in [0, 0.1) is 6.92 Å². The van der Waals surface area contributed by atoms with Crippen LogP contribution in [0.4, 0.5) is 17.5 Å². The minimum atomic E-state index is 0.764. The summed E-state index contributed by atoms with van der Waals surface area (Å²) in [7, 11) is 1.71. The van der Waals surface area contributed by atoms with Gasteiger partial charge in [0, 0.05) is 30.5 Å². The molecule has 2 aromatic carbocycles. The minimum Gasteiger partial charge on any atom is -0.496 e. The first-order valence-electron chi connectivity index (χ1n) is 9.31. The third kappa shape index (κ3) is 3.72. The Balaban J connectivity index is 1.48. The van der Waals surface area contributed by atoms with Crippen LogP contribution in [0.25, 0.3) is 0 Å². The molecule has 5 heteroatoms. The molecule has 138 valence electrons. The van der Waals surface area contributed by atoms with Crippen LogP contribution in [-0.2, 0) is 12.8 Å². The summed E-state index contributed by atoms with van der Waals surface area (Å²) in [5.41, 5.74) is 4.72. The lowest BCUT2D eigenvalue weighted by molar-refractivity contribution is 0.410. The van der Waals surface area contributed by atoms with Crippen molar-refractivity contribution in [1.29, 1.82) is 0 Å². The highest BCUT2D eigenvalue weighted by molar-refractivity contribution is 5.66. The van der Waals surface area contributed by atoms with Crippen molar-refractivity contribution >= 4 is 17.5 Å². The van der Waals surface area contributed by atoms with Gasteiger partial charge in [-0.1, -0.05) is 36.4 Å². The molecule has 5 nitrogen and oxygen atoms in total. The van der Waals surface area contributed by atoms with Crippen molar-refractivity contribution in [3.05, 3.63) is 71.4 Å². The highest BCUT2D eigenvalue weighted by Crippen LogP contribution is 2.32. The number of nitrogens with zero attached hydrogens (tertiary/aromatic N) is 3. The molecule has 0 aliphatic carbocycles. The lowest BCUT2D eigenvalue weighted by Gasteiger charge is -2.18. The lowest BCUT2D eigenvalue weighted by atomic mass is 10.1. The topological polar surface area (TPSA) is 50.3 Å². The predicted octanol–water partition coefficient (Wildman–Crippen LogP) is 4.14. The molecule has 1 aliphatic rings. The summed E-state index contributed by atoms with van der Waals surface area (Å²) < 4.78 is 5.43. The van der Waals surface area contributed by atoms with Crippen molar-refractivity contribution in [3.8, 4) is 5.75 Å². The SMILES string of the molecule is COc1ccccc1CCNc1cc(C)nc(N2CCc3ccccc32)n1. The van der Waals surface area contributed by atoms with E-state index in [1.807, 2.05) is 31.2 Å². The number of rotatable bonds is 6. The molecule has 2 heterocycles. The molecule has 0 atom stereocenters. The maximum atomic E-state index is 5.43. The van der Waals surface area contributed by atoms with E-state index in [4.69, 9.17) is 9.72 Å². The smallest absolute Gasteiger partial charge is 0.232 e. The Morgan fingerprint density at radius 3 is 2.78 bits per heavy atom. The van der Waals surface area contributed by atoms with E-state index in [1.54, 1.807) is 7.11 Å². The summed E-state index contributed by atoms with van der Waals surface area (Å²) in [5, 5.41) is 3.44. The second kappa shape index (κ2) is 7.66. The van der Waals surface area contributed by atoms with E-state index in [1.165, 1.54) is 16.8 Å². The number of ether oxygens (including phenoxy) is 1. The molecule has 0 fully saturated rings. The fraction of sp³-hybridized carbons (Fsp3) is 0.273. The van der Waals surface area contributed by atoms with Gasteiger partial charge < -0.3 is 15.0 Å². The van der Waals surface area contributed by atoms with Gasteiger partial charge >= 0.3 is 0 Å². The van der Waals surface area contributed by atoms with E-state index >= 15 is 0 Å². The molecular weight excluding hydrogens is 336 g/mol. The molecule has 27 heavy (non-hydrogen) atoms. The number of methoxy groups -OCH3 is 1. The maximum absolute atomic E-state index is 5.43. The van der Waals surface area contributed by atoms with Crippen LogP contribution in [0.2, 0.25) is 0 Å². The van der Waals surface area contributed by atoms with Gasteiger partial charge in [-0.15, -0.1) is 0 Å². The summed E-state index contributed by atoms with van der Waals surface area (Å²) in [6, 6.07) is 18.6. The number of benzene rings is 2. The molecular formula is C22H24N4O. The van der Waals surface area contributed by atoms with Crippen molar-refractivity contribution in [2.45, 2.75) is 19.8 Å². The zero-order valence-electron chi connectivity index (χ0n) is 15.8. The van der Waals surface area contributed by atoms with Gasteiger partial charge in [0.05, 0.1) is 7.11 Å². The van der Waals surface area contributed by atoms with E-state index in [0.29, 0.717) is 0 Å². The number of aromatic nitrogens is 2. The summed E-state index contributed by atoms with van der Waals surface area (Å²) in [5.74, 6) is 2.55. The molecule has 0 amide bonds. The zero-order chi connectivity index (χ0) is 18.6. The van der Waals surface area contributed by atoms with Crippen molar-refractivity contribution in [1.82, 2.24) is 9.97 Å². The fourth-order valence-electron chi connectivity index (χ4n) is 3.54. The molecule has 0 unspecified atom stereocenters. The Morgan fingerprint density at radius 1 is 1.07 bits per heavy atom. The summed E-state index contributed by atoms with van der Waals surface area (Å²) >= 11 is 0. The minimum absolute atomic E-state index is 0.764. The first-order chi connectivity index (χ1) is 13.2. The van der Waals surface area contributed by atoms with Crippen LogP contribution in [0.15, 0.2) is 54.6 Å². The second-order valence-electron chi connectivity index (χ2n) is 6.71. The van der Waals surface area contributed by atoms with Crippen LogP contribution >= 0.6 is 0 Å². The standard InChI is InChI=1S/C22H24N4O/c1-16-15-21(23-13-11-18-8-4-6-10-20(18)27-2)25-22(24-16)26-14-12-17-7-3-5-9-19(17)26/h3-10,15H,11-14H2,1-2H3,(H,23,24,25). The average molecular weight is 360 g/mol. The second-order valence-corrected chi connectivity index (χ2v) is 6.71. The summed E-state index contributed by atoms with van der Waals surface area (Å²) in [6.07, 6.45) is 1.90. The van der Waals surface area contributed by atoms with Crippen LogP contribution < -0.4 is 15.0 Å². The fourth-order valence-corrected chi connectivity index (χ4v) is 3.54. The Bertz CT molecular complexity index is 941. The molecule has 1 N–H and O–H groups in total. The molecule has 0 spiro atoms. The van der Waals surface area contributed by atoms with Crippen molar-refractivity contribution in [3.63, 3.8) is 0 Å². The summed E-state index contributed by atoms with van der Waals surface area (Å²) in [6.45, 7) is 3.72. The molecule has 0 saturated carbocycles. The molecule has 0 saturated heterocycles. The third-order valence-corrected chi connectivity index (χ3v) is 4.86. The van der Waals surface area contributed by atoms with Gasteiger partial charge in [-0.3, -0.25) is 0 Å². The highest BCUT2D eigenvalue weighted by Gasteiger charge is 2.22. The molecule has 4 rings (SSSR count). The van der Waals surface area contributed by atoms with Gasteiger partial charge in [0.2, 0.25) is 5.95 Å². The van der Waals surface area contributed by atoms with Crippen LogP contribution in [0.3, 0.4) is 0 Å². The zero-order valence-corrected chi connectivity index (χ0v) is 15.8. The molecule has 1 aliphatic heterocycles. The molecule has 0 radical (unpaired) electrons. The highest BCUT2D eigenvalue weighted by atomic mass is 16.5. The maximum Gasteiger partial charge on any atom is 0.232 e. The van der Waals surface area contributed by atoms with E-state index in [0.717, 1.165) is 49.1 Å². The predicted molar refractivity (Wildman–Crippen MR) is 109 cm³/mol. The van der Waals surface area contributed by atoms with Gasteiger partial charge in [-0.25, -0.2) is 4.98 Å². The number of fused-ring (bicyclic) bond motifs is 1. The van der Waals surface area contributed by atoms with E-state index < -0.39 is 0 Å². The monoisotopic (exact) mass is 360 g/mol. The molecule has 1 aromatic heterocycles. The average Bonchev–Trinajstić information content (AvgIpc) is 3.12. The van der Waals surface area contributed by atoms with Gasteiger partial charge in [0.1, 0.15) is 11.6 Å². The first-order valence-corrected chi connectivity index (χ1v) is 9.31. The van der Waals surface area contributed by atoms with Gasteiger partial charge in [0.15, 0.2) is 0 Å². The van der Waals surface area contributed by atoms with E-state index in [-0.39, 0.29) is 0 Å². The number of anilines is 3. The van der Waals surface area contributed by atoms with Gasteiger partial charge in [0.25, 0.3) is 0 Å². The van der Waals surface area contributed by atoms with Crippen molar-refractivity contribution < 1.29 is 4.74 Å². The van der Waals surface area contributed by atoms with E-state index in [9.17, 15) is 0 Å². The Hall–Kier alpha value is -3.08. The van der Waals surface area contributed by atoms with Gasteiger partial charge in [-0.05, 0) is 43.0 Å². The summed E-state index contributed by atoms with van der Waals surface area (Å²) in [4.78, 5) is 11.6. The van der Waals surface area contributed by atoms with Crippen molar-refractivity contribution in [2.75, 3.05) is 30.4 Å². The first kappa shape index (κ1) is 17.3. The molecule has 3 aromatic rings. The Morgan fingerprint density at radius 2 is 1.89 bits per heavy atom. The number of nitrogens with one attached hydrogen (secondary N) is 1. The number of hydrogen-bond donors (Lipinski definition) is 1. The van der Waals surface area contributed by atoms with Crippen LogP contribution in [-0.4, -0.2) is 30.2 Å². The van der Waals surface area contributed by atoms with E-state index in [2.05, 4.69) is 45.5 Å². The molecule has 0 bridgehead atoms.